The predicted octanol–water partition coefficient (Wildman–Crippen LogP) is 1.18. The van der Waals surface area contributed by atoms with Gasteiger partial charge in [-0.15, -0.1) is 0 Å². The average Bonchev–Trinajstić information content (AvgIpc) is 1.95. The average molecular weight is 249 g/mol. The summed E-state index contributed by atoms with van der Waals surface area (Å²) >= 11 is 16.7. The third-order valence-corrected chi connectivity index (χ3v) is 2.20. The molecule has 0 aliphatic heterocycles. The molecule has 0 aliphatic carbocycles. The van der Waals surface area contributed by atoms with Crippen LogP contribution in [0.4, 0.5) is 0 Å². The standard InChI is InChI=1S/C7H16Cl3N3/c1-13(2)5-3-4-12-6(11)7(8,9)10/h6,12H,3-5,11H2,1-2H3. The molecular formula is C7H16Cl3N3. The first-order chi connectivity index (χ1) is 5.84. The van der Waals surface area contributed by atoms with Gasteiger partial charge in [-0.05, 0) is 33.6 Å². The summed E-state index contributed by atoms with van der Waals surface area (Å²) < 4.78 is -1.43. The van der Waals surface area contributed by atoms with Gasteiger partial charge in [0.05, 0.1) is 0 Å². The van der Waals surface area contributed by atoms with E-state index in [0.717, 1.165) is 19.5 Å². The molecule has 0 aromatic heterocycles. The molecular weight excluding hydrogens is 232 g/mol. The maximum absolute atomic E-state index is 5.56. The molecule has 0 bridgehead atoms. The number of nitrogens with two attached hydrogens (primary N) is 1. The van der Waals surface area contributed by atoms with E-state index >= 15 is 0 Å². The van der Waals surface area contributed by atoms with Gasteiger partial charge in [-0.2, -0.15) is 0 Å². The van der Waals surface area contributed by atoms with Gasteiger partial charge in [-0.3, -0.25) is 5.32 Å². The second-order valence-electron chi connectivity index (χ2n) is 3.13. The number of halogens is 3. The SMILES string of the molecule is CN(C)CCCNC(N)C(Cl)(Cl)Cl. The summed E-state index contributed by atoms with van der Waals surface area (Å²) in [5.41, 5.74) is 5.55. The molecule has 1 unspecified atom stereocenters. The summed E-state index contributed by atoms with van der Waals surface area (Å²) in [6, 6.07) is 0. The zero-order valence-corrected chi connectivity index (χ0v) is 10.1. The van der Waals surface area contributed by atoms with Crippen LogP contribution in [-0.2, 0) is 0 Å². The quantitative estimate of drug-likeness (QED) is 0.436. The highest BCUT2D eigenvalue weighted by Crippen LogP contribution is 2.27. The van der Waals surface area contributed by atoms with Crippen molar-refractivity contribution in [1.29, 1.82) is 0 Å². The number of nitrogens with zero attached hydrogens (tertiary/aromatic N) is 1. The van der Waals surface area contributed by atoms with Gasteiger partial charge in [0, 0.05) is 0 Å². The van der Waals surface area contributed by atoms with Crippen LogP contribution in [0, 0.1) is 0 Å². The van der Waals surface area contributed by atoms with Crippen molar-refractivity contribution >= 4 is 34.8 Å². The van der Waals surface area contributed by atoms with E-state index in [1.165, 1.54) is 0 Å². The molecule has 13 heavy (non-hydrogen) atoms. The Bertz CT molecular complexity index is 135. The molecule has 1 atom stereocenters. The fourth-order valence-electron chi connectivity index (χ4n) is 0.769. The molecule has 6 heteroatoms. The molecule has 0 aliphatic rings. The van der Waals surface area contributed by atoms with Gasteiger partial charge in [-0.25, -0.2) is 0 Å². The van der Waals surface area contributed by atoms with Gasteiger partial charge < -0.3 is 10.6 Å². The third-order valence-electron chi connectivity index (χ3n) is 1.50. The minimum Gasteiger partial charge on any atom is -0.312 e. The van der Waals surface area contributed by atoms with Crippen molar-refractivity contribution < 1.29 is 0 Å². The number of nitrogens with one attached hydrogen (secondary N) is 1. The van der Waals surface area contributed by atoms with Crippen molar-refractivity contribution in [3.8, 4) is 0 Å². The van der Waals surface area contributed by atoms with Crippen molar-refractivity contribution in [2.24, 2.45) is 5.73 Å². The normalized spacial score (nSPS) is 15.0. The first kappa shape index (κ1) is 13.8. The van der Waals surface area contributed by atoms with Crippen molar-refractivity contribution in [2.75, 3.05) is 27.2 Å². The number of alkyl halides is 3. The fraction of sp³-hybridized carbons (Fsp3) is 1.00. The van der Waals surface area contributed by atoms with E-state index in [0.29, 0.717) is 0 Å². The van der Waals surface area contributed by atoms with Crippen LogP contribution in [0.1, 0.15) is 6.42 Å². The van der Waals surface area contributed by atoms with Gasteiger partial charge >= 0.3 is 0 Å². The second-order valence-corrected chi connectivity index (χ2v) is 5.50. The highest BCUT2D eigenvalue weighted by Gasteiger charge is 2.28. The van der Waals surface area contributed by atoms with E-state index < -0.39 is 9.96 Å². The van der Waals surface area contributed by atoms with Crippen LogP contribution < -0.4 is 11.1 Å². The van der Waals surface area contributed by atoms with Gasteiger partial charge in [0.25, 0.3) is 0 Å². The maximum Gasteiger partial charge on any atom is 0.218 e. The van der Waals surface area contributed by atoms with E-state index in [-0.39, 0.29) is 0 Å². The Kier molecular flexibility index (Phi) is 6.64. The van der Waals surface area contributed by atoms with Gasteiger partial charge in [0.15, 0.2) is 0 Å². The van der Waals surface area contributed by atoms with Crippen molar-refractivity contribution in [1.82, 2.24) is 10.2 Å². The maximum atomic E-state index is 5.56. The van der Waals surface area contributed by atoms with Crippen LogP contribution >= 0.6 is 34.8 Å². The van der Waals surface area contributed by atoms with E-state index in [9.17, 15) is 0 Å². The van der Waals surface area contributed by atoms with Gasteiger partial charge in [0.1, 0.15) is 6.17 Å². The topological polar surface area (TPSA) is 41.3 Å². The van der Waals surface area contributed by atoms with E-state index in [1.807, 2.05) is 14.1 Å². The molecule has 3 N–H and O–H groups in total. The lowest BCUT2D eigenvalue weighted by molar-refractivity contribution is 0.387. The lowest BCUT2D eigenvalue weighted by Crippen LogP contribution is -2.48. The van der Waals surface area contributed by atoms with Crippen molar-refractivity contribution in [2.45, 2.75) is 16.4 Å². The minimum atomic E-state index is -1.43. The Hall–Kier alpha value is 0.750. The lowest BCUT2D eigenvalue weighted by atomic mass is 10.4. The van der Waals surface area contributed by atoms with Crippen LogP contribution in [0.3, 0.4) is 0 Å². The van der Waals surface area contributed by atoms with E-state index in [2.05, 4.69) is 10.2 Å². The molecule has 0 heterocycles. The second kappa shape index (κ2) is 6.27. The van der Waals surface area contributed by atoms with Crippen molar-refractivity contribution in [3.05, 3.63) is 0 Å². The molecule has 0 radical (unpaired) electrons. The van der Waals surface area contributed by atoms with Crippen LogP contribution in [0.25, 0.3) is 0 Å². The fourth-order valence-corrected chi connectivity index (χ4v) is 1.00. The van der Waals surface area contributed by atoms with E-state index in [1.54, 1.807) is 0 Å². The third kappa shape index (κ3) is 7.79. The predicted molar refractivity (Wildman–Crippen MR) is 59.4 cm³/mol. The molecule has 0 saturated heterocycles. The summed E-state index contributed by atoms with van der Waals surface area (Å²) in [5.74, 6) is 0. The highest BCUT2D eigenvalue weighted by atomic mass is 35.6. The lowest BCUT2D eigenvalue weighted by Gasteiger charge is -2.21. The Morgan fingerprint density at radius 1 is 1.38 bits per heavy atom. The first-order valence-corrected chi connectivity index (χ1v) is 5.18. The van der Waals surface area contributed by atoms with Gasteiger partial charge in [0.2, 0.25) is 3.79 Å². The Balaban J connectivity index is 3.43. The van der Waals surface area contributed by atoms with Gasteiger partial charge in [-0.1, -0.05) is 34.8 Å². The number of hydrogen-bond acceptors (Lipinski definition) is 3. The van der Waals surface area contributed by atoms with Crippen molar-refractivity contribution in [3.63, 3.8) is 0 Å². The number of hydrogen-bond donors (Lipinski definition) is 2. The molecule has 3 nitrogen and oxygen atoms in total. The largest absolute Gasteiger partial charge is 0.312 e. The smallest absolute Gasteiger partial charge is 0.218 e. The molecule has 80 valence electrons. The monoisotopic (exact) mass is 247 g/mol. The van der Waals surface area contributed by atoms with Crippen LogP contribution in [-0.4, -0.2) is 42.0 Å². The zero-order chi connectivity index (χ0) is 10.5. The first-order valence-electron chi connectivity index (χ1n) is 4.04. The Morgan fingerprint density at radius 2 is 1.92 bits per heavy atom. The van der Waals surface area contributed by atoms with Crippen LogP contribution in [0.5, 0.6) is 0 Å². The summed E-state index contributed by atoms with van der Waals surface area (Å²) in [5, 5.41) is 2.93. The summed E-state index contributed by atoms with van der Waals surface area (Å²) in [6.07, 6.45) is 0.362. The summed E-state index contributed by atoms with van der Waals surface area (Å²) in [7, 11) is 4.02. The minimum absolute atomic E-state index is 0.611. The summed E-state index contributed by atoms with van der Waals surface area (Å²) in [4.78, 5) is 2.09. The Labute approximate surface area is 94.5 Å². The molecule has 0 aromatic carbocycles. The van der Waals surface area contributed by atoms with Crippen LogP contribution in [0.2, 0.25) is 0 Å². The molecule has 0 spiro atoms. The zero-order valence-electron chi connectivity index (χ0n) is 7.86. The highest BCUT2D eigenvalue weighted by molar-refractivity contribution is 6.68. The Morgan fingerprint density at radius 3 is 2.31 bits per heavy atom. The number of rotatable bonds is 5. The van der Waals surface area contributed by atoms with Crippen LogP contribution in [0.15, 0.2) is 0 Å². The molecule has 0 amide bonds. The molecule has 0 rings (SSSR count). The molecule has 0 aromatic rings. The van der Waals surface area contributed by atoms with E-state index in [4.69, 9.17) is 40.5 Å². The molecule has 0 fully saturated rings. The molecule has 0 saturated carbocycles. The summed E-state index contributed by atoms with van der Waals surface area (Å²) in [6.45, 7) is 1.73.